The van der Waals surface area contributed by atoms with Gasteiger partial charge in [-0.3, -0.25) is 9.78 Å². The molecule has 4 nitrogen and oxygen atoms in total. The Bertz CT molecular complexity index is 1010. The van der Waals surface area contributed by atoms with Crippen molar-refractivity contribution in [3.05, 3.63) is 71.9 Å². The van der Waals surface area contributed by atoms with E-state index >= 15 is 0 Å². The highest BCUT2D eigenvalue weighted by Gasteiger charge is 2.37. The molecule has 1 aromatic heterocycles. The van der Waals surface area contributed by atoms with Crippen LogP contribution < -0.4 is 4.74 Å². The van der Waals surface area contributed by atoms with E-state index in [1.165, 1.54) is 23.1 Å². The highest BCUT2D eigenvalue weighted by molar-refractivity contribution is 5.96. The van der Waals surface area contributed by atoms with Crippen LogP contribution >= 0.6 is 0 Å². The molecule has 1 saturated heterocycles. The van der Waals surface area contributed by atoms with Crippen molar-refractivity contribution >= 4 is 16.8 Å². The van der Waals surface area contributed by atoms with Gasteiger partial charge in [-0.25, -0.2) is 0 Å². The number of nitrogens with zero attached hydrogens (tertiary/aromatic N) is 2. The molecule has 0 bridgehead atoms. The van der Waals surface area contributed by atoms with E-state index in [1.807, 2.05) is 24.3 Å². The van der Waals surface area contributed by atoms with E-state index < -0.39 is 17.6 Å². The van der Waals surface area contributed by atoms with E-state index in [9.17, 15) is 18.0 Å². The summed E-state index contributed by atoms with van der Waals surface area (Å²) in [5, 5.41) is 0.935. The third-order valence-corrected chi connectivity index (χ3v) is 4.78. The number of amides is 1. The molecule has 0 aliphatic carbocycles. The highest BCUT2D eigenvalue weighted by atomic mass is 19.4. The van der Waals surface area contributed by atoms with Gasteiger partial charge in [-0.05, 0) is 24.3 Å². The summed E-state index contributed by atoms with van der Waals surface area (Å²) in [5.41, 5.74) is -0.526. The van der Waals surface area contributed by atoms with E-state index in [1.54, 1.807) is 12.3 Å². The zero-order valence-corrected chi connectivity index (χ0v) is 14.8. The van der Waals surface area contributed by atoms with Crippen LogP contribution in [0.25, 0.3) is 10.9 Å². The maximum Gasteiger partial charge on any atom is 0.417 e. The second kappa shape index (κ2) is 7.14. The van der Waals surface area contributed by atoms with Gasteiger partial charge in [0.25, 0.3) is 5.91 Å². The fourth-order valence-electron chi connectivity index (χ4n) is 3.45. The number of rotatable bonds is 3. The number of aromatic nitrogens is 1. The van der Waals surface area contributed by atoms with Crippen molar-refractivity contribution in [2.45, 2.75) is 18.7 Å². The predicted octanol–water partition coefficient (Wildman–Crippen LogP) is 4.55. The Balaban J connectivity index is 1.51. The first kappa shape index (κ1) is 18.3. The van der Waals surface area contributed by atoms with Gasteiger partial charge in [-0.2, -0.15) is 13.2 Å². The summed E-state index contributed by atoms with van der Waals surface area (Å²) in [4.78, 5) is 18.4. The SMILES string of the molecule is O=C(c1ccccc1C(F)(F)F)N1CCC(Oc2cccc3cccnc23)C1. The number of carbonyl (C=O) groups excluding carboxylic acids is 1. The Labute approximate surface area is 159 Å². The van der Waals surface area contributed by atoms with E-state index in [2.05, 4.69) is 4.98 Å². The number of ether oxygens (including phenoxy) is 1. The van der Waals surface area contributed by atoms with Crippen molar-refractivity contribution in [2.75, 3.05) is 13.1 Å². The molecule has 1 fully saturated rings. The van der Waals surface area contributed by atoms with E-state index in [4.69, 9.17) is 4.74 Å². The van der Waals surface area contributed by atoms with Crippen LogP contribution in [0.4, 0.5) is 13.2 Å². The molecule has 0 radical (unpaired) electrons. The van der Waals surface area contributed by atoms with Crippen molar-refractivity contribution in [1.82, 2.24) is 9.88 Å². The lowest BCUT2D eigenvalue weighted by Gasteiger charge is -2.20. The Hall–Kier alpha value is -3.09. The van der Waals surface area contributed by atoms with Gasteiger partial charge in [-0.15, -0.1) is 0 Å². The highest BCUT2D eigenvalue weighted by Crippen LogP contribution is 2.33. The standard InChI is InChI=1S/C21H17F3N2O2/c22-21(23,24)17-8-2-1-7-16(17)20(27)26-12-10-15(13-26)28-18-9-3-5-14-6-4-11-25-19(14)18/h1-9,11,15H,10,12-13H2. The van der Waals surface area contributed by atoms with Crippen LogP contribution in [-0.4, -0.2) is 35.0 Å². The number of halogens is 3. The average Bonchev–Trinajstić information content (AvgIpc) is 3.15. The van der Waals surface area contributed by atoms with Gasteiger partial charge in [0.05, 0.1) is 17.7 Å². The first-order valence-electron chi connectivity index (χ1n) is 8.89. The van der Waals surface area contributed by atoms with Crippen molar-refractivity contribution in [1.29, 1.82) is 0 Å². The monoisotopic (exact) mass is 386 g/mol. The Morgan fingerprint density at radius 3 is 2.68 bits per heavy atom. The molecule has 0 N–H and O–H groups in total. The Kier molecular flexibility index (Phi) is 4.66. The lowest BCUT2D eigenvalue weighted by molar-refractivity contribution is -0.138. The number of hydrogen-bond acceptors (Lipinski definition) is 3. The largest absolute Gasteiger partial charge is 0.486 e. The zero-order valence-electron chi connectivity index (χ0n) is 14.8. The minimum Gasteiger partial charge on any atom is -0.486 e. The number of fused-ring (bicyclic) bond motifs is 1. The minimum absolute atomic E-state index is 0.230. The van der Waals surface area contributed by atoms with Gasteiger partial charge >= 0.3 is 6.18 Å². The Morgan fingerprint density at radius 2 is 1.86 bits per heavy atom. The first-order chi connectivity index (χ1) is 13.4. The fourth-order valence-corrected chi connectivity index (χ4v) is 3.45. The van der Waals surface area contributed by atoms with Crippen molar-refractivity contribution in [3.63, 3.8) is 0 Å². The quantitative estimate of drug-likeness (QED) is 0.663. The summed E-state index contributed by atoms with van der Waals surface area (Å²) in [7, 11) is 0. The average molecular weight is 386 g/mol. The van der Waals surface area contributed by atoms with E-state index in [0.29, 0.717) is 18.7 Å². The number of benzene rings is 2. The number of para-hydroxylation sites is 1. The smallest absolute Gasteiger partial charge is 0.417 e. The maximum atomic E-state index is 13.2. The van der Waals surface area contributed by atoms with Crippen LogP contribution in [0.15, 0.2) is 60.8 Å². The van der Waals surface area contributed by atoms with Crippen molar-refractivity contribution in [3.8, 4) is 5.75 Å². The zero-order chi connectivity index (χ0) is 19.7. The summed E-state index contributed by atoms with van der Waals surface area (Å²) in [6, 6.07) is 14.2. The van der Waals surface area contributed by atoms with Crippen LogP contribution in [0.5, 0.6) is 5.75 Å². The summed E-state index contributed by atoms with van der Waals surface area (Å²) < 4.78 is 45.6. The van der Waals surface area contributed by atoms with Crippen LogP contribution in [0.3, 0.4) is 0 Å². The molecular weight excluding hydrogens is 369 g/mol. The minimum atomic E-state index is -4.57. The molecule has 7 heteroatoms. The molecule has 0 spiro atoms. The lowest BCUT2D eigenvalue weighted by Crippen LogP contribution is -2.32. The molecule has 144 valence electrons. The molecule has 0 saturated carbocycles. The van der Waals surface area contributed by atoms with Crippen LogP contribution in [-0.2, 0) is 6.18 Å². The number of carbonyl (C=O) groups is 1. The molecule has 4 rings (SSSR count). The molecule has 1 amide bonds. The maximum absolute atomic E-state index is 13.2. The molecule has 1 aliphatic rings. The molecule has 3 aromatic rings. The summed E-state index contributed by atoms with van der Waals surface area (Å²) in [6.07, 6.45) is -2.65. The third kappa shape index (κ3) is 3.52. The molecule has 1 unspecified atom stereocenters. The lowest BCUT2D eigenvalue weighted by atomic mass is 10.1. The molecule has 28 heavy (non-hydrogen) atoms. The van der Waals surface area contributed by atoms with Gasteiger partial charge in [0.1, 0.15) is 17.4 Å². The van der Waals surface area contributed by atoms with Gasteiger partial charge in [-0.1, -0.05) is 30.3 Å². The number of pyridine rings is 1. The first-order valence-corrected chi connectivity index (χ1v) is 8.89. The molecule has 2 aromatic carbocycles. The van der Waals surface area contributed by atoms with Gasteiger partial charge in [0.2, 0.25) is 0 Å². The molecule has 2 heterocycles. The summed E-state index contributed by atoms with van der Waals surface area (Å²) in [6.45, 7) is 0.572. The molecule has 1 aliphatic heterocycles. The van der Waals surface area contributed by atoms with Crippen molar-refractivity contribution in [2.24, 2.45) is 0 Å². The molecule has 1 atom stereocenters. The Morgan fingerprint density at radius 1 is 1.07 bits per heavy atom. The van der Waals surface area contributed by atoms with E-state index in [-0.39, 0.29) is 18.2 Å². The second-order valence-electron chi connectivity index (χ2n) is 6.65. The van der Waals surface area contributed by atoms with Crippen LogP contribution in [0.2, 0.25) is 0 Å². The summed E-state index contributed by atoms with van der Waals surface area (Å²) in [5.74, 6) is -0.0249. The normalized spacial score (nSPS) is 17.1. The van der Waals surface area contributed by atoms with Gasteiger partial charge < -0.3 is 9.64 Å². The van der Waals surface area contributed by atoms with Crippen LogP contribution in [0.1, 0.15) is 22.3 Å². The number of likely N-dealkylation sites (tertiary alicyclic amines) is 1. The topological polar surface area (TPSA) is 42.4 Å². The predicted molar refractivity (Wildman–Crippen MR) is 98.1 cm³/mol. The van der Waals surface area contributed by atoms with Crippen molar-refractivity contribution < 1.29 is 22.7 Å². The molecular formula is C21H17F3N2O2. The second-order valence-corrected chi connectivity index (χ2v) is 6.65. The number of alkyl halides is 3. The summed E-state index contributed by atoms with van der Waals surface area (Å²) >= 11 is 0. The third-order valence-electron chi connectivity index (χ3n) is 4.78. The van der Waals surface area contributed by atoms with Gasteiger partial charge in [0, 0.05) is 24.5 Å². The fraction of sp³-hybridized carbons (Fsp3) is 0.238. The van der Waals surface area contributed by atoms with Gasteiger partial charge in [0.15, 0.2) is 0 Å². The van der Waals surface area contributed by atoms with E-state index in [0.717, 1.165) is 17.0 Å². The number of hydrogen-bond donors (Lipinski definition) is 0. The van der Waals surface area contributed by atoms with Crippen LogP contribution in [0, 0.1) is 0 Å².